The fourth-order valence-electron chi connectivity index (χ4n) is 3.08. The number of hydrogen-bond acceptors (Lipinski definition) is 2. The minimum absolute atomic E-state index is 0.133. The lowest BCUT2D eigenvalue weighted by Gasteiger charge is -2.20. The summed E-state index contributed by atoms with van der Waals surface area (Å²) in [6.45, 7) is 0. The van der Waals surface area contributed by atoms with Gasteiger partial charge in [-0.1, -0.05) is 49.2 Å². The van der Waals surface area contributed by atoms with Crippen LogP contribution in [-0.4, -0.2) is 4.57 Å². The van der Waals surface area contributed by atoms with E-state index in [2.05, 4.69) is 30.8 Å². The molecule has 0 aliphatic heterocycles. The molecule has 0 unspecified atom stereocenters. The molecule has 3 heteroatoms. The van der Waals surface area contributed by atoms with Crippen LogP contribution in [0, 0.1) is 0 Å². The summed E-state index contributed by atoms with van der Waals surface area (Å²) in [4.78, 5) is 12.7. The van der Waals surface area contributed by atoms with Gasteiger partial charge in [0.25, 0.3) is 5.56 Å². The number of aromatic nitrogens is 1. The van der Waals surface area contributed by atoms with E-state index in [0.717, 1.165) is 29.7 Å². The summed E-state index contributed by atoms with van der Waals surface area (Å²) in [6.07, 6.45) is 4.65. The summed E-state index contributed by atoms with van der Waals surface area (Å²) in [5.74, 6) is 0.501. The Morgan fingerprint density at radius 1 is 1.05 bits per heavy atom. The molecule has 0 radical (unpaired) electrons. The van der Waals surface area contributed by atoms with Gasteiger partial charge >= 0.3 is 0 Å². The molecule has 1 aromatic carbocycles. The summed E-state index contributed by atoms with van der Waals surface area (Å²) >= 11 is 4.28. The number of pyridine rings is 1. The first-order chi connectivity index (χ1) is 9.81. The Morgan fingerprint density at radius 2 is 1.75 bits per heavy atom. The molecule has 0 atom stereocenters. The van der Waals surface area contributed by atoms with Crippen LogP contribution in [0.25, 0.3) is 11.3 Å². The predicted molar refractivity (Wildman–Crippen MR) is 86.3 cm³/mol. The highest BCUT2D eigenvalue weighted by molar-refractivity contribution is 7.79. The van der Waals surface area contributed by atoms with Crippen molar-refractivity contribution in [3.63, 3.8) is 0 Å². The third kappa shape index (κ3) is 2.42. The van der Waals surface area contributed by atoms with Crippen LogP contribution in [-0.2, 0) is 5.75 Å². The van der Waals surface area contributed by atoms with Crippen molar-refractivity contribution in [3.05, 3.63) is 58.4 Å². The second-order valence-corrected chi connectivity index (χ2v) is 5.70. The van der Waals surface area contributed by atoms with Gasteiger partial charge in [0.1, 0.15) is 0 Å². The lowest BCUT2D eigenvalue weighted by atomic mass is 10.1. The Kier molecular flexibility index (Phi) is 3.97. The molecule has 0 amide bonds. The van der Waals surface area contributed by atoms with E-state index in [4.69, 9.17) is 0 Å². The lowest BCUT2D eigenvalue weighted by Crippen LogP contribution is -2.27. The summed E-state index contributed by atoms with van der Waals surface area (Å²) in [5.41, 5.74) is 3.07. The van der Waals surface area contributed by atoms with Gasteiger partial charge in [-0.25, -0.2) is 0 Å². The molecule has 0 N–H and O–H groups in total. The van der Waals surface area contributed by atoms with Gasteiger partial charge in [0.05, 0.1) is 5.69 Å². The number of hydrogen-bond donors (Lipinski definition) is 1. The molecular weight excluding hydrogens is 266 g/mol. The molecule has 3 rings (SSSR count). The number of thiol groups is 1. The van der Waals surface area contributed by atoms with E-state index in [1.165, 1.54) is 12.8 Å². The van der Waals surface area contributed by atoms with Crippen molar-refractivity contribution in [2.24, 2.45) is 0 Å². The Balaban J connectivity index is 2.19. The lowest BCUT2D eigenvalue weighted by molar-refractivity contribution is 0.506. The first-order valence-electron chi connectivity index (χ1n) is 7.22. The predicted octanol–water partition coefficient (Wildman–Crippen LogP) is 4.06. The average Bonchev–Trinajstić information content (AvgIpc) is 3.01. The van der Waals surface area contributed by atoms with Gasteiger partial charge < -0.3 is 4.57 Å². The molecule has 1 aliphatic rings. The molecule has 1 aromatic heterocycles. The SMILES string of the molecule is O=c1c(CS)ccc(-c2ccccc2)n1C1CCCC1. The van der Waals surface area contributed by atoms with E-state index >= 15 is 0 Å². The molecule has 104 valence electrons. The van der Waals surface area contributed by atoms with E-state index in [1.54, 1.807) is 0 Å². The van der Waals surface area contributed by atoms with Crippen LogP contribution in [0.15, 0.2) is 47.3 Å². The van der Waals surface area contributed by atoms with Gasteiger partial charge in [-0.15, -0.1) is 0 Å². The highest BCUT2D eigenvalue weighted by atomic mass is 32.1. The van der Waals surface area contributed by atoms with E-state index in [-0.39, 0.29) is 5.56 Å². The Morgan fingerprint density at radius 3 is 2.40 bits per heavy atom. The van der Waals surface area contributed by atoms with Gasteiger partial charge in [0, 0.05) is 17.4 Å². The largest absolute Gasteiger partial charge is 0.305 e. The van der Waals surface area contributed by atoms with Crippen LogP contribution in [0.1, 0.15) is 37.3 Å². The Hall–Kier alpha value is -1.48. The van der Waals surface area contributed by atoms with Crippen molar-refractivity contribution in [3.8, 4) is 11.3 Å². The molecule has 1 saturated carbocycles. The summed E-state index contributed by atoms with van der Waals surface area (Å²) in [6, 6.07) is 14.5. The molecule has 20 heavy (non-hydrogen) atoms. The molecule has 0 saturated heterocycles. The monoisotopic (exact) mass is 285 g/mol. The smallest absolute Gasteiger partial charge is 0.255 e. The van der Waals surface area contributed by atoms with Crippen molar-refractivity contribution < 1.29 is 0 Å². The maximum absolute atomic E-state index is 12.7. The van der Waals surface area contributed by atoms with Gasteiger partial charge in [-0.3, -0.25) is 4.79 Å². The summed E-state index contributed by atoms with van der Waals surface area (Å²) in [5, 5.41) is 0. The molecule has 2 nitrogen and oxygen atoms in total. The molecule has 1 fully saturated rings. The fraction of sp³-hybridized carbons (Fsp3) is 0.353. The van der Waals surface area contributed by atoms with E-state index in [9.17, 15) is 4.79 Å². The van der Waals surface area contributed by atoms with Crippen LogP contribution in [0.5, 0.6) is 0 Å². The zero-order valence-corrected chi connectivity index (χ0v) is 12.4. The number of benzene rings is 1. The molecular formula is C17H19NOS. The normalized spacial score (nSPS) is 15.7. The number of nitrogens with zero attached hydrogens (tertiary/aromatic N) is 1. The molecule has 2 aromatic rings. The van der Waals surface area contributed by atoms with Crippen molar-refractivity contribution >= 4 is 12.6 Å². The summed E-state index contributed by atoms with van der Waals surface area (Å²) in [7, 11) is 0. The second kappa shape index (κ2) is 5.88. The Labute approximate surface area is 124 Å². The maximum Gasteiger partial charge on any atom is 0.255 e. The molecule has 0 bridgehead atoms. The van der Waals surface area contributed by atoms with Crippen molar-refractivity contribution in [1.29, 1.82) is 0 Å². The zero-order valence-electron chi connectivity index (χ0n) is 11.5. The van der Waals surface area contributed by atoms with Gasteiger partial charge in [-0.05, 0) is 24.5 Å². The van der Waals surface area contributed by atoms with E-state index < -0.39 is 0 Å². The van der Waals surface area contributed by atoms with Gasteiger partial charge in [0.2, 0.25) is 0 Å². The minimum Gasteiger partial charge on any atom is -0.305 e. The third-order valence-electron chi connectivity index (χ3n) is 4.13. The quantitative estimate of drug-likeness (QED) is 0.844. The number of rotatable bonds is 3. The van der Waals surface area contributed by atoms with Gasteiger partial charge in [0.15, 0.2) is 0 Å². The standard InChI is InChI=1S/C17H19NOS/c19-17-14(12-20)10-11-16(13-6-2-1-3-7-13)18(17)15-8-4-5-9-15/h1-3,6-7,10-11,15,20H,4-5,8-9,12H2. The van der Waals surface area contributed by atoms with Crippen LogP contribution in [0.2, 0.25) is 0 Å². The van der Waals surface area contributed by atoms with Crippen LogP contribution in [0.3, 0.4) is 0 Å². The van der Waals surface area contributed by atoms with Crippen LogP contribution in [0.4, 0.5) is 0 Å². The second-order valence-electron chi connectivity index (χ2n) is 5.38. The highest BCUT2D eigenvalue weighted by Gasteiger charge is 2.21. The molecule has 1 heterocycles. The summed E-state index contributed by atoms with van der Waals surface area (Å²) < 4.78 is 2.01. The first-order valence-corrected chi connectivity index (χ1v) is 7.85. The van der Waals surface area contributed by atoms with Crippen LogP contribution < -0.4 is 5.56 Å². The van der Waals surface area contributed by atoms with Crippen molar-refractivity contribution in [2.75, 3.05) is 0 Å². The van der Waals surface area contributed by atoms with E-state index in [1.807, 2.05) is 28.8 Å². The van der Waals surface area contributed by atoms with Gasteiger partial charge in [-0.2, -0.15) is 12.6 Å². The highest BCUT2D eigenvalue weighted by Crippen LogP contribution is 2.32. The minimum atomic E-state index is 0.133. The van der Waals surface area contributed by atoms with Crippen molar-refractivity contribution in [2.45, 2.75) is 37.5 Å². The average molecular weight is 285 g/mol. The van der Waals surface area contributed by atoms with Crippen LogP contribution >= 0.6 is 12.6 Å². The maximum atomic E-state index is 12.7. The molecule has 1 aliphatic carbocycles. The van der Waals surface area contributed by atoms with Crippen molar-refractivity contribution in [1.82, 2.24) is 4.57 Å². The Bertz CT molecular complexity index is 642. The fourth-order valence-corrected chi connectivity index (χ4v) is 3.33. The third-order valence-corrected chi connectivity index (χ3v) is 4.47. The molecule has 0 spiro atoms. The zero-order chi connectivity index (χ0) is 13.9. The topological polar surface area (TPSA) is 22.0 Å². The van der Waals surface area contributed by atoms with E-state index in [0.29, 0.717) is 11.8 Å². The first kappa shape index (κ1) is 13.5.